The first-order valence-corrected chi connectivity index (χ1v) is 4.82. The number of nitrogens with zero attached hydrogens (tertiary/aromatic N) is 1. The minimum absolute atomic E-state index is 0.208. The summed E-state index contributed by atoms with van der Waals surface area (Å²) in [5, 5.41) is 10.7. The molecule has 0 saturated carbocycles. The fourth-order valence-corrected chi connectivity index (χ4v) is 1.58. The van der Waals surface area contributed by atoms with Gasteiger partial charge in [0.25, 0.3) is 5.91 Å². The van der Waals surface area contributed by atoms with Gasteiger partial charge in [-0.15, -0.1) is 0 Å². The summed E-state index contributed by atoms with van der Waals surface area (Å²) >= 11 is 0. The standard InChI is InChI=1S/C9H11FN2O4/c10-6-3-12(9(15)11-8(6)14)7-2-1-5(4-13)16-7/h1-2,5-7,13H,3-4H2,(H,11,14,15)/t5-,6?,7+/m0/s1. The van der Waals surface area contributed by atoms with Crippen molar-refractivity contribution in [2.45, 2.75) is 18.5 Å². The van der Waals surface area contributed by atoms with Crippen LogP contribution in [-0.2, 0) is 9.53 Å². The molecular weight excluding hydrogens is 219 g/mol. The molecule has 0 aromatic heterocycles. The molecule has 2 heterocycles. The van der Waals surface area contributed by atoms with Gasteiger partial charge in [0, 0.05) is 0 Å². The summed E-state index contributed by atoms with van der Waals surface area (Å²) in [5.41, 5.74) is 0. The van der Waals surface area contributed by atoms with Crippen LogP contribution in [0.3, 0.4) is 0 Å². The fourth-order valence-electron chi connectivity index (χ4n) is 1.58. The molecule has 6 nitrogen and oxygen atoms in total. The molecule has 0 spiro atoms. The third kappa shape index (κ3) is 1.91. The first-order chi connectivity index (χ1) is 7.61. The van der Waals surface area contributed by atoms with Gasteiger partial charge in [0.15, 0.2) is 12.4 Å². The van der Waals surface area contributed by atoms with Crippen molar-refractivity contribution >= 4 is 11.9 Å². The van der Waals surface area contributed by atoms with E-state index < -0.39 is 30.4 Å². The van der Waals surface area contributed by atoms with Gasteiger partial charge in [0.1, 0.15) is 6.10 Å². The number of carbonyl (C=O) groups excluding carboxylic acids is 2. The van der Waals surface area contributed by atoms with Gasteiger partial charge in [-0.1, -0.05) is 6.08 Å². The number of aliphatic hydroxyl groups is 1. The third-order valence-corrected chi connectivity index (χ3v) is 2.42. The largest absolute Gasteiger partial charge is 0.393 e. The molecule has 88 valence electrons. The predicted octanol–water partition coefficient (Wildman–Crippen LogP) is -0.850. The van der Waals surface area contributed by atoms with Crippen LogP contribution in [0.25, 0.3) is 0 Å². The zero-order valence-corrected chi connectivity index (χ0v) is 8.30. The van der Waals surface area contributed by atoms with Crippen LogP contribution in [0.2, 0.25) is 0 Å². The van der Waals surface area contributed by atoms with Crippen molar-refractivity contribution in [3.63, 3.8) is 0 Å². The summed E-state index contributed by atoms with van der Waals surface area (Å²) < 4.78 is 18.3. The van der Waals surface area contributed by atoms with Crippen LogP contribution < -0.4 is 5.32 Å². The first-order valence-electron chi connectivity index (χ1n) is 4.82. The molecule has 3 atom stereocenters. The molecule has 0 radical (unpaired) electrons. The molecule has 7 heteroatoms. The Morgan fingerprint density at radius 2 is 2.31 bits per heavy atom. The monoisotopic (exact) mass is 230 g/mol. The van der Waals surface area contributed by atoms with Gasteiger partial charge in [0.2, 0.25) is 0 Å². The minimum Gasteiger partial charge on any atom is -0.393 e. The number of hydrogen-bond donors (Lipinski definition) is 2. The van der Waals surface area contributed by atoms with Gasteiger partial charge < -0.3 is 9.84 Å². The number of aliphatic hydroxyl groups excluding tert-OH is 1. The van der Waals surface area contributed by atoms with Gasteiger partial charge in [-0.2, -0.15) is 0 Å². The molecule has 0 aromatic carbocycles. The van der Waals surface area contributed by atoms with Crippen LogP contribution >= 0.6 is 0 Å². The number of amides is 3. The topological polar surface area (TPSA) is 78.9 Å². The summed E-state index contributed by atoms with van der Waals surface area (Å²) in [7, 11) is 0. The van der Waals surface area contributed by atoms with Crippen molar-refractivity contribution in [2.75, 3.05) is 13.2 Å². The second-order valence-electron chi connectivity index (χ2n) is 3.55. The zero-order valence-electron chi connectivity index (χ0n) is 8.30. The van der Waals surface area contributed by atoms with Crippen LogP contribution in [0, 0.1) is 0 Å². The van der Waals surface area contributed by atoms with Gasteiger partial charge in [-0.3, -0.25) is 15.0 Å². The second-order valence-corrected chi connectivity index (χ2v) is 3.55. The van der Waals surface area contributed by atoms with E-state index in [2.05, 4.69) is 0 Å². The average Bonchev–Trinajstić information content (AvgIpc) is 2.71. The van der Waals surface area contributed by atoms with E-state index in [0.717, 1.165) is 4.90 Å². The Bertz CT molecular complexity index is 346. The third-order valence-electron chi connectivity index (χ3n) is 2.42. The summed E-state index contributed by atoms with van der Waals surface area (Å²) in [6.07, 6.45) is 0.157. The van der Waals surface area contributed by atoms with Crippen LogP contribution in [0.4, 0.5) is 9.18 Å². The number of ether oxygens (including phenoxy) is 1. The number of alkyl halides is 1. The zero-order chi connectivity index (χ0) is 11.7. The molecule has 2 aliphatic heterocycles. The van der Waals surface area contributed by atoms with E-state index in [4.69, 9.17) is 9.84 Å². The predicted molar refractivity (Wildman–Crippen MR) is 50.0 cm³/mol. The highest BCUT2D eigenvalue weighted by atomic mass is 19.1. The molecule has 1 unspecified atom stereocenters. The van der Waals surface area contributed by atoms with E-state index in [0.29, 0.717) is 0 Å². The minimum atomic E-state index is -1.75. The Labute approximate surface area is 90.7 Å². The van der Waals surface area contributed by atoms with E-state index >= 15 is 0 Å². The summed E-state index contributed by atoms with van der Waals surface area (Å²) in [5.74, 6) is -0.929. The number of hydrogen-bond acceptors (Lipinski definition) is 4. The van der Waals surface area contributed by atoms with Crippen LogP contribution in [0.15, 0.2) is 12.2 Å². The molecule has 0 aliphatic carbocycles. The van der Waals surface area contributed by atoms with Gasteiger partial charge in [0.05, 0.1) is 13.2 Å². The highest BCUT2D eigenvalue weighted by Gasteiger charge is 2.37. The van der Waals surface area contributed by atoms with Gasteiger partial charge >= 0.3 is 6.03 Å². The van der Waals surface area contributed by atoms with Crippen molar-refractivity contribution in [3.05, 3.63) is 12.2 Å². The summed E-state index contributed by atoms with van der Waals surface area (Å²) in [6.45, 7) is -0.543. The number of carbonyl (C=O) groups is 2. The highest BCUT2D eigenvalue weighted by molar-refractivity contribution is 5.99. The molecule has 3 amide bonds. The number of urea groups is 1. The Balaban J connectivity index is 2.02. The molecule has 2 aliphatic rings. The second kappa shape index (κ2) is 4.18. The summed E-state index contributed by atoms with van der Waals surface area (Å²) in [4.78, 5) is 23.3. The number of rotatable bonds is 2. The van der Waals surface area contributed by atoms with Crippen LogP contribution in [0.1, 0.15) is 0 Å². The van der Waals surface area contributed by atoms with Crippen molar-refractivity contribution < 1.29 is 23.8 Å². The van der Waals surface area contributed by atoms with E-state index in [1.165, 1.54) is 0 Å². The number of imide groups is 1. The smallest absolute Gasteiger partial charge is 0.326 e. The molecular formula is C9H11FN2O4. The maximum absolute atomic E-state index is 13.1. The SMILES string of the molecule is O=C1NC(=O)N([C@H]2C=C[C@@H](CO)O2)CC1F. The van der Waals surface area contributed by atoms with E-state index in [1.54, 1.807) is 12.2 Å². The number of nitrogens with one attached hydrogen (secondary N) is 1. The van der Waals surface area contributed by atoms with Crippen molar-refractivity contribution in [1.29, 1.82) is 0 Å². The van der Waals surface area contributed by atoms with E-state index in [9.17, 15) is 14.0 Å². The van der Waals surface area contributed by atoms with Gasteiger partial charge in [-0.25, -0.2) is 9.18 Å². The Morgan fingerprint density at radius 3 is 2.94 bits per heavy atom. The molecule has 2 rings (SSSR count). The highest BCUT2D eigenvalue weighted by Crippen LogP contribution is 2.18. The maximum Gasteiger partial charge on any atom is 0.326 e. The molecule has 0 aromatic rings. The molecule has 0 bridgehead atoms. The lowest BCUT2D eigenvalue weighted by molar-refractivity contribution is -0.129. The normalized spacial score (nSPS) is 34.4. The molecule has 16 heavy (non-hydrogen) atoms. The Kier molecular flexibility index (Phi) is 2.88. The molecule has 1 saturated heterocycles. The lowest BCUT2D eigenvalue weighted by atomic mass is 10.2. The van der Waals surface area contributed by atoms with Crippen molar-refractivity contribution in [3.8, 4) is 0 Å². The summed E-state index contributed by atoms with van der Waals surface area (Å²) in [6, 6.07) is -0.688. The van der Waals surface area contributed by atoms with Crippen LogP contribution in [-0.4, -0.2) is 53.6 Å². The molecule has 1 fully saturated rings. The van der Waals surface area contributed by atoms with E-state index in [1.807, 2.05) is 5.32 Å². The average molecular weight is 230 g/mol. The van der Waals surface area contributed by atoms with E-state index in [-0.39, 0.29) is 13.2 Å². The van der Waals surface area contributed by atoms with Gasteiger partial charge in [-0.05, 0) is 6.08 Å². The lowest BCUT2D eigenvalue weighted by Gasteiger charge is -2.32. The van der Waals surface area contributed by atoms with Crippen molar-refractivity contribution in [2.24, 2.45) is 0 Å². The van der Waals surface area contributed by atoms with Crippen molar-refractivity contribution in [1.82, 2.24) is 10.2 Å². The lowest BCUT2D eigenvalue weighted by Crippen LogP contribution is -2.58. The van der Waals surface area contributed by atoms with Crippen LogP contribution in [0.5, 0.6) is 0 Å². The quantitative estimate of drug-likeness (QED) is 0.606. The molecule has 2 N–H and O–H groups in total. The first kappa shape index (κ1) is 11.0. The Hall–Kier alpha value is -1.47. The fraction of sp³-hybridized carbons (Fsp3) is 0.556. The number of halogens is 1. The maximum atomic E-state index is 13.1. The Morgan fingerprint density at radius 1 is 1.56 bits per heavy atom.